The first-order valence-electron chi connectivity index (χ1n) is 11.0. The van der Waals surface area contributed by atoms with Gasteiger partial charge >= 0.3 is 0 Å². The van der Waals surface area contributed by atoms with Gasteiger partial charge in [-0.15, -0.1) is 0 Å². The SMILES string of the molecule is Cc1ccc(S(=O)(=O)N(CCOCCN)c2ccccc2NCCOc2ccc(Cl)cc2)cc1. The van der Waals surface area contributed by atoms with Crippen molar-refractivity contribution in [1.82, 2.24) is 0 Å². The van der Waals surface area contributed by atoms with Crippen LogP contribution in [-0.4, -0.2) is 47.9 Å². The van der Waals surface area contributed by atoms with Gasteiger partial charge in [0, 0.05) is 18.1 Å². The molecule has 0 heterocycles. The molecule has 3 aromatic rings. The van der Waals surface area contributed by atoms with Crippen LogP contribution in [-0.2, 0) is 14.8 Å². The van der Waals surface area contributed by atoms with Crippen molar-refractivity contribution in [1.29, 1.82) is 0 Å². The van der Waals surface area contributed by atoms with E-state index in [9.17, 15) is 8.42 Å². The summed E-state index contributed by atoms with van der Waals surface area (Å²) >= 11 is 5.91. The van der Waals surface area contributed by atoms with Crippen LogP contribution < -0.4 is 20.1 Å². The van der Waals surface area contributed by atoms with Gasteiger partial charge in [-0.3, -0.25) is 4.31 Å². The quantitative estimate of drug-likeness (QED) is 0.337. The maximum absolute atomic E-state index is 13.6. The van der Waals surface area contributed by atoms with E-state index in [1.807, 2.05) is 25.1 Å². The lowest BCUT2D eigenvalue weighted by Gasteiger charge is -2.27. The fraction of sp³-hybridized carbons (Fsp3) is 0.280. The number of ether oxygens (including phenoxy) is 2. The van der Waals surface area contributed by atoms with Crippen molar-refractivity contribution in [3.63, 3.8) is 0 Å². The molecule has 0 bridgehead atoms. The molecule has 9 heteroatoms. The van der Waals surface area contributed by atoms with Gasteiger partial charge in [0.25, 0.3) is 10.0 Å². The highest BCUT2D eigenvalue weighted by Crippen LogP contribution is 2.30. The second-order valence-electron chi connectivity index (χ2n) is 7.54. The minimum atomic E-state index is -3.82. The summed E-state index contributed by atoms with van der Waals surface area (Å²) in [5, 5.41) is 3.93. The molecule has 0 unspecified atom stereocenters. The Morgan fingerprint density at radius 1 is 0.941 bits per heavy atom. The lowest BCUT2D eigenvalue weighted by molar-refractivity contribution is 0.150. The summed E-state index contributed by atoms with van der Waals surface area (Å²) in [6.45, 7) is 3.88. The van der Waals surface area contributed by atoms with Crippen LogP contribution in [0.1, 0.15) is 5.56 Å². The summed E-state index contributed by atoms with van der Waals surface area (Å²) in [4.78, 5) is 0.220. The lowest BCUT2D eigenvalue weighted by Crippen LogP contribution is -2.35. The summed E-state index contributed by atoms with van der Waals surface area (Å²) < 4.78 is 39.8. The maximum Gasteiger partial charge on any atom is 0.264 e. The molecule has 0 saturated carbocycles. The molecule has 3 aromatic carbocycles. The van der Waals surface area contributed by atoms with E-state index in [-0.39, 0.29) is 18.0 Å². The van der Waals surface area contributed by atoms with Crippen LogP contribution >= 0.6 is 11.6 Å². The third kappa shape index (κ3) is 7.11. The highest BCUT2D eigenvalue weighted by molar-refractivity contribution is 7.92. The monoisotopic (exact) mass is 503 g/mol. The van der Waals surface area contributed by atoms with E-state index in [0.717, 1.165) is 5.56 Å². The van der Waals surface area contributed by atoms with Crippen molar-refractivity contribution < 1.29 is 17.9 Å². The van der Waals surface area contributed by atoms with Crippen LogP contribution in [0.3, 0.4) is 0 Å². The van der Waals surface area contributed by atoms with Gasteiger partial charge in [-0.2, -0.15) is 0 Å². The van der Waals surface area contributed by atoms with E-state index in [2.05, 4.69) is 5.32 Å². The van der Waals surface area contributed by atoms with E-state index < -0.39 is 10.0 Å². The van der Waals surface area contributed by atoms with Gasteiger partial charge in [0.1, 0.15) is 12.4 Å². The number of para-hydroxylation sites is 2. The minimum Gasteiger partial charge on any atom is -0.492 e. The molecule has 3 N–H and O–H groups in total. The minimum absolute atomic E-state index is 0.149. The molecule has 0 fully saturated rings. The molecule has 0 aromatic heterocycles. The average molecular weight is 504 g/mol. The van der Waals surface area contributed by atoms with Crippen molar-refractivity contribution in [2.45, 2.75) is 11.8 Å². The first-order chi connectivity index (χ1) is 16.4. The van der Waals surface area contributed by atoms with E-state index in [1.165, 1.54) is 4.31 Å². The number of benzene rings is 3. The van der Waals surface area contributed by atoms with Crippen LogP contribution in [0, 0.1) is 6.92 Å². The molecule has 0 spiro atoms. The summed E-state index contributed by atoms with van der Waals surface area (Å²) in [5.41, 5.74) is 7.70. The molecule has 3 rings (SSSR count). The number of anilines is 2. The van der Waals surface area contributed by atoms with Crippen LogP contribution in [0.2, 0.25) is 5.02 Å². The van der Waals surface area contributed by atoms with Crippen molar-refractivity contribution in [3.8, 4) is 5.75 Å². The van der Waals surface area contributed by atoms with Crippen molar-refractivity contribution in [3.05, 3.63) is 83.4 Å². The number of nitrogens with zero attached hydrogens (tertiary/aromatic N) is 1. The Morgan fingerprint density at radius 2 is 1.65 bits per heavy atom. The molecule has 0 amide bonds. The van der Waals surface area contributed by atoms with E-state index >= 15 is 0 Å². The summed E-state index contributed by atoms with van der Waals surface area (Å²) in [7, 11) is -3.82. The number of sulfonamides is 1. The van der Waals surface area contributed by atoms with E-state index in [0.29, 0.717) is 48.5 Å². The van der Waals surface area contributed by atoms with Crippen molar-refractivity contribution in [2.24, 2.45) is 5.73 Å². The molecule has 0 atom stereocenters. The van der Waals surface area contributed by atoms with Gasteiger partial charge in [0.2, 0.25) is 0 Å². The fourth-order valence-corrected chi connectivity index (χ4v) is 4.86. The standard InChI is InChI=1S/C25H30ClN3O4S/c1-20-6-12-23(13-7-20)34(30,31)29(16-19-32-17-14-27)25-5-3-2-4-24(25)28-15-18-33-22-10-8-21(26)9-11-22/h2-13,28H,14-19,27H2,1H3. The molecule has 34 heavy (non-hydrogen) atoms. The predicted octanol–water partition coefficient (Wildman–Crippen LogP) is 4.31. The molecule has 7 nitrogen and oxygen atoms in total. The highest BCUT2D eigenvalue weighted by Gasteiger charge is 2.26. The Morgan fingerprint density at radius 3 is 2.35 bits per heavy atom. The number of nitrogens with two attached hydrogens (primary N) is 1. The molecule has 0 radical (unpaired) electrons. The number of halogens is 1. The largest absolute Gasteiger partial charge is 0.492 e. The van der Waals surface area contributed by atoms with Gasteiger partial charge in [-0.05, 0) is 55.5 Å². The zero-order valence-corrected chi connectivity index (χ0v) is 20.7. The third-order valence-electron chi connectivity index (χ3n) is 4.98. The number of aryl methyl sites for hydroxylation is 1. The normalized spacial score (nSPS) is 11.3. The summed E-state index contributed by atoms with van der Waals surface area (Å²) in [6, 6.07) is 21.2. The first kappa shape index (κ1) is 25.8. The van der Waals surface area contributed by atoms with Crippen LogP contribution in [0.25, 0.3) is 0 Å². The van der Waals surface area contributed by atoms with Crippen LogP contribution in [0.4, 0.5) is 11.4 Å². The average Bonchev–Trinajstić information content (AvgIpc) is 2.83. The smallest absolute Gasteiger partial charge is 0.264 e. The summed E-state index contributed by atoms with van der Waals surface area (Å²) in [5.74, 6) is 0.708. The third-order valence-corrected chi connectivity index (χ3v) is 7.06. The molecule has 0 aliphatic rings. The fourth-order valence-electron chi connectivity index (χ4n) is 3.27. The second kappa shape index (κ2) is 12.6. The Bertz CT molecular complexity index is 1140. The van der Waals surface area contributed by atoms with Gasteiger partial charge in [0.05, 0.1) is 36.0 Å². The molecule has 0 aliphatic carbocycles. The first-order valence-corrected chi connectivity index (χ1v) is 12.8. The Kier molecular flexibility index (Phi) is 9.59. The van der Waals surface area contributed by atoms with Crippen molar-refractivity contribution in [2.75, 3.05) is 49.1 Å². The highest BCUT2D eigenvalue weighted by atomic mass is 35.5. The molecular formula is C25H30ClN3O4S. The lowest BCUT2D eigenvalue weighted by atomic mass is 10.2. The Hall–Kier alpha value is -2.78. The summed E-state index contributed by atoms with van der Waals surface area (Å²) in [6.07, 6.45) is 0. The van der Waals surface area contributed by atoms with Gasteiger partial charge in [0.15, 0.2) is 0 Å². The topological polar surface area (TPSA) is 93.9 Å². The Labute approximate surface area is 206 Å². The number of hydrogen-bond donors (Lipinski definition) is 2. The molecular weight excluding hydrogens is 474 g/mol. The molecule has 0 aliphatic heterocycles. The number of rotatable bonds is 13. The van der Waals surface area contributed by atoms with Gasteiger partial charge in [-0.25, -0.2) is 8.42 Å². The predicted molar refractivity (Wildman–Crippen MR) is 137 cm³/mol. The van der Waals surface area contributed by atoms with E-state index in [1.54, 1.807) is 54.6 Å². The molecule has 182 valence electrons. The number of hydrogen-bond acceptors (Lipinski definition) is 6. The maximum atomic E-state index is 13.6. The zero-order chi connectivity index (χ0) is 24.4. The van der Waals surface area contributed by atoms with Crippen LogP contribution in [0.5, 0.6) is 5.75 Å². The van der Waals surface area contributed by atoms with Crippen LogP contribution in [0.15, 0.2) is 77.7 Å². The number of nitrogens with one attached hydrogen (secondary N) is 1. The van der Waals surface area contributed by atoms with Gasteiger partial charge < -0.3 is 20.5 Å². The second-order valence-corrected chi connectivity index (χ2v) is 9.84. The molecule has 0 saturated heterocycles. The zero-order valence-electron chi connectivity index (χ0n) is 19.1. The Balaban J connectivity index is 1.78. The van der Waals surface area contributed by atoms with E-state index in [4.69, 9.17) is 26.8 Å². The van der Waals surface area contributed by atoms with Gasteiger partial charge in [-0.1, -0.05) is 41.4 Å². The van der Waals surface area contributed by atoms with Crippen molar-refractivity contribution >= 4 is 33.0 Å².